The molecule has 0 bridgehead atoms. The Kier molecular flexibility index (Phi) is 5.43. The summed E-state index contributed by atoms with van der Waals surface area (Å²) in [7, 11) is 0. The topological polar surface area (TPSA) is 40.5 Å². The van der Waals surface area contributed by atoms with Crippen molar-refractivity contribution in [3.63, 3.8) is 0 Å². The molecule has 0 aromatic heterocycles. The van der Waals surface area contributed by atoms with Gasteiger partial charge in [-0.1, -0.05) is 23.2 Å². The van der Waals surface area contributed by atoms with Crippen LogP contribution in [0.2, 0.25) is 0 Å². The Labute approximate surface area is 99.7 Å². The van der Waals surface area contributed by atoms with E-state index in [2.05, 4.69) is 4.90 Å². The van der Waals surface area contributed by atoms with Crippen LogP contribution in [-0.4, -0.2) is 35.6 Å². The molecule has 1 saturated heterocycles. The quantitative estimate of drug-likeness (QED) is 0.835. The van der Waals surface area contributed by atoms with E-state index in [1.807, 2.05) is 0 Å². The summed E-state index contributed by atoms with van der Waals surface area (Å²) in [4.78, 5) is 12.7. The first-order valence-corrected chi connectivity index (χ1v) is 5.82. The number of nitrogens with zero attached hydrogens (tertiary/aromatic N) is 1. The van der Waals surface area contributed by atoms with Gasteiger partial charge in [-0.05, 0) is 31.8 Å². The molecular formula is C10H15Cl2NO2. The van der Waals surface area contributed by atoms with Crippen molar-refractivity contribution in [3.05, 3.63) is 10.6 Å². The predicted octanol–water partition coefficient (Wildman–Crippen LogP) is 2.49. The van der Waals surface area contributed by atoms with Gasteiger partial charge < -0.3 is 5.11 Å². The molecule has 0 aliphatic carbocycles. The first-order chi connectivity index (χ1) is 7.11. The van der Waals surface area contributed by atoms with Crippen LogP contribution in [0.25, 0.3) is 0 Å². The lowest BCUT2D eigenvalue weighted by molar-refractivity contribution is -0.138. The Balaban J connectivity index is 2.26. The fourth-order valence-corrected chi connectivity index (χ4v) is 2.08. The van der Waals surface area contributed by atoms with E-state index >= 15 is 0 Å². The third-order valence-electron chi connectivity index (χ3n) is 2.66. The lowest BCUT2D eigenvalue weighted by Gasteiger charge is -2.30. The molecule has 5 heteroatoms. The van der Waals surface area contributed by atoms with E-state index < -0.39 is 5.97 Å². The maximum absolute atomic E-state index is 10.5. The highest BCUT2D eigenvalue weighted by molar-refractivity contribution is 6.36. The first-order valence-electron chi connectivity index (χ1n) is 5.00. The number of carboxylic acids is 1. The molecule has 0 aromatic carbocycles. The Morgan fingerprint density at radius 1 is 1.47 bits per heavy atom. The number of likely N-dealkylation sites (tertiary alicyclic amines) is 1. The summed E-state index contributed by atoms with van der Waals surface area (Å²) >= 11 is 11.3. The summed E-state index contributed by atoms with van der Waals surface area (Å²) in [5.74, 6) is -0.385. The number of hydrogen-bond acceptors (Lipinski definition) is 2. The molecule has 1 aliphatic rings. The smallest absolute Gasteiger partial charge is 0.303 e. The molecule has 0 atom stereocenters. The zero-order valence-electron chi connectivity index (χ0n) is 8.46. The summed E-state index contributed by atoms with van der Waals surface area (Å²) in [6.45, 7) is 2.47. The van der Waals surface area contributed by atoms with Crippen molar-refractivity contribution in [1.29, 1.82) is 0 Å². The van der Waals surface area contributed by atoms with Crippen molar-refractivity contribution in [1.82, 2.24) is 4.90 Å². The summed E-state index contributed by atoms with van der Waals surface area (Å²) in [5, 5.41) is 9.29. The molecule has 1 aliphatic heterocycles. The van der Waals surface area contributed by atoms with E-state index in [0.29, 0.717) is 17.5 Å². The van der Waals surface area contributed by atoms with Crippen LogP contribution in [0.15, 0.2) is 10.6 Å². The van der Waals surface area contributed by atoms with Crippen LogP contribution < -0.4 is 0 Å². The number of carbonyl (C=O) groups is 1. The van der Waals surface area contributed by atoms with Crippen molar-refractivity contribution >= 4 is 29.2 Å². The fourth-order valence-electron chi connectivity index (χ4n) is 1.84. The van der Waals surface area contributed by atoms with Crippen molar-refractivity contribution < 1.29 is 9.90 Å². The van der Waals surface area contributed by atoms with Crippen molar-refractivity contribution in [2.24, 2.45) is 5.92 Å². The molecule has 86 valence electrons. The van der Waals surface area contributed by atoms with E-state index in [9.17, 15) is 4.79 Å². The average molecular weight is 252 g/mol. The molecule has 15 heavy (non-hydrogen) atoms. The minimum Gasteiger partial charge on any atom is -0.481 e. The zero-order chi connectivity index (χ0) is 11.3. The van der Waals surface area contributed by atoms with E-state index in [1.54, 1.807) is 0 Å². The third kappa shape index (κ3) is 4.87. The van der Waals surface area contributed by atoms with Crippen LogP contribution in [0.4, 0.5) is 0 Å². The van der Waals surface area contributed by atoms with Crippen LogP contribution in [-0.2, 0) is 4.79 Å². The Bertz CT molecular complexity index is 248. The lowest BCUT2D eigenvalue weighted by Crippen LogP contribution is -2.35. The van der Waals surface area contributed by atoms with Crippen LogP contribution in [0.3, 0.4) is 0 Å². The van der Waals surface area contributed by atoms with Crippen LogP contribution >= 0.6 is 23.2 Å². The van der Waals surface area contributed by atoms with Gasteiger partial charge >= 0.3 is 5.97 Å². The Morgan fingerprint density at radius 3 is 2.53 bits per heavy atom. The highest BCUT2D eigenvalue weighted by Crippen LogP contribution is 2.21. The third-order valence-corrected chi connectivity index (χ3v) is 3.27. The number of aliphatic carboxylic acids is 1. The van der Waals surface area contributed by atoms with E-state index in [0.717, 1.165) is 25.9 Å². The minimum absolute atomic E-state index is 0.285. The maximum atomic E-state index is 10.5. The number of carboxylic acid groups (broad SMARTS) is 1. The summed E-state index contributed by atoms with van der Waals surface area (Å²) in [6, 6.07) is 0. The highest BCUT2D eigenvalue weighted by atomic mass is 35.5. The van der Waals surface area contributed by atoms with Crippen LogP contribution in [0.1, 0.15) is 19.3 Å². The van der Waals surface area contributed by atoms with Gasteiger partial charge in [-0.15, -0.1) is 0 Å². The van der Waals surface area contributed by atoms with Crippen molar-refractivity contribution in [3.8, 4) is 0 Å². The molecule has 0 radical (unpaired) electrons. The number of piperidine rings is 1. The van der Waals surface area contributed by atoms with Gasteiger partial charge in [0, 0.05) is 23.5 Å². The van der Waals surface area contributed by atoms with Gasteiger partial charge in [-0.2, -0.15) is 0 Å². The van der Waals surface area contributed by atoms with E-state index in [-0.39, 0.29) is 6.42 Å². The standard InChI is InChI=1S/C10H15Cl2NO2/c11-6-9(12)7-13-3-1-8(2-4-13)5-10(14)15/h6,8H,1-5,7H2,(H,14,15). The van der Waals surface area contributed by atoms with Gasteiger partial charge in [0.25, 0.3) is 0 Å². The lowest BCUT2D eigenvalue weighted by atomic mass is 9.94. The van der Waals surface area contributed by atoms with Gasteiger partial charge in [0.15, 0.2) is 0 Å². The molecule has 1 heterocycles. The van der Waals surface area contributed by atoms with Gasteiger partial charge in [0.05, 0.1) is 0 Å². The summed E-state index contributed by atoms with van der Waals surface area (Å²) in [6.07, 6.45) is 2.14. The van der Waals surface area contributed by atoms with Crippen LogP contribution in [0, 0.1) is 5.92 Å². The van der Waals surface area contributed by atoms with Gasteiger partial charge in [0.2, 0.25) is 0 Å². The molecule has 1 N–H and O–H groups in total. The summed E-state index contributed by atoms with van der Waals surface area (Å²) < 4.78 is 0. The Hall–Kier alpha value is -0.250. The first kappa shape index (κ1) is 12.8. The molecule has 1 fully saturated rings. The summed E-state index contributed by atoms with van der Waals surface area (Å²) in [5.41, 5.74) is 1.38. The number of hydrogen-bond donors (Lipinski definition) is 1. The molecule has 3 nitrogen and oxygen atoms in total. The van der Waals surface area contributed by atoms with E-state index in [4.69, 9.17) is 28.3 Å². The fraction of sp³-hybridized carbons (Fsp3) is 0.700. The number of halogens is 2. The zero-order valence-corrected chi connectivity index (χ0v) is 9.97. The second-order valence-corrected chi connectivity index (χ2v) is 4.58. The molecule has 0 spiro atoms. The van der Waals surface area contributed by atoms with Gasteiger partial charge in [0.1, 0.15) is 0 Å². The molecule has 0 aromatic rings. The van der Waals surface area contributed by atoms with Crippen LogP contribution in [0.5, 0.6) is 0 Å². The normalized spacial score (nSPS) is 20.5. The molecule has 0 unspecified atom stereocenters. The second kappa shape index (κ2) is 6.36. The highest BCUT2D eigenvalue weighted by Gasteiger charge is 2.21. The van der Waals surface area contributed by atoms with Crippen molar-refractivity contribution in [2.75, 3.05) is 19.6 Å². The van der Waals surface area contributed by atoms with Gasteiger partial charge in [-0.25, -0.2) is 0 Å². The SMILES string of the molecule is O=C(O)CC1CCN(CC(Cl)=CCl)CC1. The number of rotatable bonds is 4. The van der Waals surface area contributed by atoms with E-state index in [1.165, 1.54) is 5.54 Å². The maximum Gasteiger partial charge on any atom is 0.303 e. The second-order valence-electron chi connectivity index (χ2n) is 3.87. The van der Waals surface area contributed by atoms with Gasteiger partial charge in [-0.3, -0.25) is 9.69 Å². The monoisotopic (exact) mass is 251 g/mol. The molecular weight excluding hydrogens is 237 g/mol. The largest absolute Gasteiger partial charge is 0.481 e. The molecule has 1 rings (SSSR count). The minimum atomic E-state index is -0.702. The van der Waals surface area contributed by atoms with Crippen molar-refractivity contribution in [2.45, 2.75) is 19.3 Å². The Morgan fingerprint density at radius 2 is 2.07 bits per heavy atom. The molecule has 0 amide bonds. The predicted molar refractivity (Wildman–Crippen MR) is 61.2 cm³/mol. The average Bonchev–Trinajstić information content (AvgIpc) is 2.20. The molecule has 0 saturated carbocycles.